The second kappa shape index (κ2) is 12.6. The molecule has 35 heavy (non-hydrogen) atoms. The number of benzene rings is 4. The van der Waals surface area contributed by atoms with E-state index >= 15 is 0 Å². The van der Waals surface area contributed by atoms with Gasteiger partial charge >= 0.3 is 0 Å². The minimum absolute atomic E-state index is 0. The van der Waals surface area contributed by atoms with Gasteiger partial charge in [0.2, 0.25) is 11.3 Å². The lowest BCUT2D eigenvalue weighted by Gasteiger charge is -2.29. The Labute approximate surface area is 227 Å². The highest BCUT2D eigenvalue weighted by Gasteiger charge is 2.52. The predicted octanol–water partition coefficient (Wildman–Crippen LogP) is 3.93. The van der Waals surface area contributed by atoms with Crippen molar-refractivity contribution in [2.45, 2.75) is 11.8 Å². The number of amides is 1. The van der Waals surface area contributed by atoms with Crippen LogP contribution in [0.1, 0.15) is 6.92 Å². The topological polar surface area (TPSA) is 29.1 Å². The molecule has 4 aromatic rings. The maximum Gasteiger partial charge on any atom is 0.223 e. The lowest BCUT2D eigenvalue weighted by molar-refractivity contribution is -0.118. The number of rotatable bonds is 7. The third-order valence-electron chi connectivity index (χ3n) is 5.27. The van der Waals surface area contributed by atoms with Crippen LogP contribution >= 0.6 is 42.2 Å². The third-order valence-corrected chi connectivity index (χ3v) is 11.3. The van der Waals surface area contributed by atoms with Gasteiger partial charge in [0.25, 0.3) is 0 Å². The van der Waals surface area contributed by atoms with Gasteiger partial charge in [-0.25, -0.2) is 0 Å². The molecule has 0 aliphatic heterocycles. The molecule has 2 nitrogen and oxygen atoms in total. The van der Waals surface area contributed by atoms with E-state index < -0.39 is 7.26 Å². The second-order valence-electron chi connectivity index (χ2n) is 7.54. The Kier molecular flexibility index (Phi) is 9.86. The molecule has 0 heterocycles. The molecule has 1 N–H and O–H groups in total. The summed E-state index contributed by atoms with van der Waals surface area (Å²) >= 11 is 14.6. The summed E-state index contributed by atoms with van der Waals surface area (Å²) in [5, 5.41) is 7.13. The van der Waals surface area contributed by atoms with Crippen molar-refractivity contribution in [2.24, 2.45) is 0 Å². The fourth-order valence-corrected chi connectivity index (χ4v) is 9.99. The number of hydrogen-bond acceptors (Lipinski definition) is 2. The van der Waals surface area contributed by atoms with E-state index in [9.17, 15) is 4.79 Å². The van der Waals surface area contributed by atoms with Gasteiger partial charge in [-0.3, -0.25) is 10.1 Å². The molecule has 178 valence electrons. The van der Waals surface area contributed by atoms with Gasteiger partial charge in [-0.15, -0.1) is 0 Å². The number of halogens is 3. The van der Waals surface area contributed by atoms with Crippen LogP contribution in [0.2, 0.25) is 5.02 Å². The highest BCUT2D eigenvalue weighted by Crippen LogP contribution is 2.63. The lowest BCUT2D eigenvalue weighted by atomic mass is 10.4. The predicted molar refractivity (Wildman–Crippen MR) is 149 cm³/mol. The highest BCUT2D eigenvalue weighted by molar-refractivity contribution is 8.06. The van der Waals surface area contributed by atoms with Crippen LogP contribution in [-0.4, -0.2) is 5.91 Å². The smallest absolute Gasteiger partial charge is 0.223 e. The summed E-state index contributed by atoms with van der Waals surface area (Å²) in [7, 11) is -2.55. The van der Waals surface area contributed by atoms with Gasteiger partial charge in [0.1, 0.15) is 20.3 Å². The monoisotopic (exact) mass is 557 g/mol. The standard InChI is InChI=1S/C28H22Cl2NOPS.ClH/c1-21(32)31-28(27(30)34-26-19-17-22(29)18-20-26)33(23-11-5-2-6-12-23,24-13-7-3-8-14-24)25-15-9-4-10-16-25;/h2-20H,1H3;1H. The van der Waals surface area contributed by atoms with Crippen molar-refractivity contribution >= 4 is 64.0 Å². The van der Waals surface area contributed by atoms with Gasteiger partial charge in [-0.2, -0.15) is 0 Å². The Morgan fingerprint density at radius 2 is 1.11 bits per heavy atom. The van der Waals surface area contributed by atoms with Gasteiger partial charge < -0.3 is 12.4 Å². The van der Waals surface area contributed by atoms with Crippen molar-refractivity contribution in [1.82, 2.24) is 5.32 Å². The normalized spacial score (nSPS) is 11.7. The van der Waals surface area contributed by atoms with E-state index in [0.717, 1.165) is 20.8 Å². The van der Waals surface area contributed by atoms with Crippen molar-refractivity contribution in [3.05, 3.63) is 130 Å². The molecule has 0 saturated heterocycles. The average molecular weight is 559 g/mol. The number of nitrogens with one attached hydrogen (secondary N) is 1. The molecule has 0 radical (unpaired) electrons. The molecule has 4 aromatic carbocycles. The Balaban J connectivity index is 0.00000342. The molecule has 0 bridgehead atoms. The first kappa shape index (κ1) is 27.3. The van der Waals surface area contributed by atoms with Crippen LogP contribution in [0.4, 0.5) is 0 Å². The van der Waals surface area contributed by atoms with Crippen LogP contribution in [0.3, 0.4) is 0 Å². The molecule has 0 spiro atoms. The van der Waals surface area contributed by atoms with Gasteiger partial charge in [0.05, 0.1) is 0 Å². The van der Waals surface area contributed by atoms with E-state index in [0.29, 0.717) is 14.8 Å². The summed E-state index contributed by atoms with van der Waals surface area (Å²) < 4.78 is 0.516. The largest absolute Gasteiger partial charge is 1.00 e. The fraction of sp³-hybridized carbons (Fsp3) is 0.0357. The summed E-state index contributed by atoms with van der Waals surface area (Å²) in [4.78, 5) is 13.5. The number of hydrogen-bond donors (Lipinski definition) is 1. The Bertz CT molecular complexity index is 1190. The summed E-state index contributed by atoms with van der Waals surface area (Å²) in [6.07, 6.45) is 0. The first-order valence-electron chi connectivity index (χ1n) is 10.7. The molecule has 0 unspecified atom stereocenters. The summed E-state index contributed by atoms with van der Waals surface area (Å²) in [5.41, 5.74) is 0.713. The quantitative estimate of drug-likeness (QED) is 0.275. The molecule has 1 amide bonds. The summed E-state index contributed by atoms with van der Waals surface area (Å²) in [5.74, 6) is -0.169. The third kappa shape index (κ3) is 6.12. The Morgan fingerprint density at radius 1 is 0.714 bits per heavy atom. The van der Waals surface area contributed by atoms with Crippen molar-refractivity contribution in [1.29, 1.82) is 0 Å². The molecule has 0 aromatic heterocycles. The van der Waals surface area contributed by atoms with Crippen LogP contribution in [0.25, 0.3) is 0 Å². The van der Waals surface area contributed by atoms with Crippen molar-refractivity contribution in [3.63, 3.8) is 0 Å². The van der Waals surface area contributed by atoms with Crippen LogP contribution in [-0.2, 0) is 4.79 Å². The van der Waals surface area contributed by atoms with Gasteiger partial charge in [0, 0.05) is 16.8 Å². The summed E-state index contributed by atoms with van der Waals surface area (Å²) in [6, 6.07) is 38.4. The van der Waals surface area contributed by atoms with Crippen LogP contribution in [0.15, 0.2) is 130 Å². The van der Waals surface area contributed by atoms with E-state index in [2.05, 4.69) is 41.7 Å². The van der Waals surface area contributed by atoms with Crippen LogP contribution in [0, 0.1) is 0 Å². The SMILES string of the molecule is CC(=O)NC(=C(Cl)Sc1ccc(Cl)cc1)[P+](c1ccccc1)(c1ccccc1)c1ccccc1.[Cl-]. The Hall–Kier alpha value is -2.26. The molecule has 0 atom stereocenters. The minimum atomic E-state index is -2.55. The van der Waals surface area contributed by atoms with Gasteiger partial charge in [-0.1, -0.05) is 89.6 Å². The van der Waals surface area contributed by atoms with Crippen molar-refractivity contribution in [2.75, 3.05) is 0 Å². The maximum absolute atomic E-state index is 12.6. The van der Waals surface area contributed by atoms with E-state index in [1.165, 1.54) is 18.7 Å². The lowest BCUT2D eigenvalue weighted by Crippen LogP contribution is -3.00. The molecule has 0 saturated carbocycles. The second-order valence-corrected chi connectivity index (χ2v) is 13.0. The molecule has 7 heteroatoms. The molecule has 0 fully saturated rings. The van der Waals surface area contributed by atoms with Gasteiger partial charge in [0.15, 0.2) is 7.26 Å². The zero-order chi connectivity index (χ0) is 24.0. The van der Waals surface area contributed by atoms with E-state index in [1.54, 1.807) is 0 Å². The van der Waals surface area contributed by atoms with E-state index in [-0.39, 0.29) is 18.3 Å². The molecule has 0 aliphatic carbocycles. The van der Waals surface area contributed by atoms with Crippen molar-refractivity contribution in [3.8, 4) is 0 Å². The summed E-state index contributed by atoms with van der Waals surface area (Å²) in [6.45, 7) is 1.52. The zero-order valence-corrected chi connectivity index (χ0v) is 22.8. The number of thioether (sulfide) groups is 1. The first-order chi connectivity index (χ1) is 16.5. The van der Waals surface area contributed by atoms with Gasteiger partial charge in [-0.05, 0) is 60.7 Å². The minimum Gasteiger partial charge on any atom is -1.00 e. The van der Waals surface area contributed by atoms with E-state index in [1.807, 2.05) is 78.9 Å². The molecule has 0 aliphatic rings. The zero-order valence-electron chi connectivity index (χ0n) is 18.9. The first-order valence-corrected chi connectivity index (χ1v) is 14.0. The average Bonchev–Trinajstić information content (AvgIpc) is 2.87. The van der Waals surface area contributed by atoms with Crippen molar-refractivity contribution < 1.29 is 17.2 Å². The Morgan fingerprint density at radius 3 is 1.49 bits per heavy atom. The highest BCUT2D eigenvalue weighted by atomic mass is 35.5. The maximum atomic E-state index is 12.6. The van der Waals surface area contributed by atoms with Crippen LogP contribution < -0.4 is 33.6 Å². The number of carbonyl (C=O) groups excluding carboxylic acids is 1. The fourth-order valence-electron chi connectivity index (χ4n) is 3.88. The number of carbonyl (C=O) groups is 1. The molecular weight excluding hydrogens is 536 g/mol. The van der Waals surface area contributed by atoms with E-state index in [4.69, 9.17) is 23.2 Å². The van der Waals surface area contributed by atoms with Crippen LogP contribution in [0.5, 0.6) is 0 Å². The molecule has 4 rings (SSSR count). The molecular formula is C28H23Cl3NOPS.